The molecule has 3 aromatic heterocycles. The molecule has 1 aromatic carbocycles. The number of aryl methyl sites for hydroxylation is 2. The van der Waals surface area contributed by atoms with Crippen LogP contribution in [0.25, 0.3) is 21.7 Å². The van der Waals surface area contributed by atoms with E-state index in [4.69, 9.17) is 4.74 Å². The smallest absolute Gasteiger partial charge is 0.268 e. The van der Waals surface area contributed by atoms with Gasteiger partial charge in [0.25, 0.3) is 5.56 Å². The molecule has 0 spiro atoms. The molecule has 1 aliphatic carbocycles. The maximum absolute atomic E-state index is 13.9. The predicted octanol–water partition coefficient (Wildman–Crippen LogP) is 5.04. The fourth-order valence-electron chi connectivity index (χ4n) is 4.14. The van der Waals surface area contributed by atoms with E-state index in [9.17, 15) is 4.79 Å². The van der Waals surface area contributed by atoms with E-state index in [0.717, 1.165) is 57.4 Å². The predicted molar refractivity (Wildman–Crippen MR) is 127 cm³/mol. The first kappa shape index (κ1) is 20.3. The summed E-state index contributed by atoms with van der Waals surface area (Å²) in [7, 11) is 1.63. The largest absolute Gasteiger partial charge is 0.497 e. The molecule has 0 bridgehead atoms. The summed E-state index contributed by atoms with van der Waals surface area (Å²) in [5.74, 6) is 2.05. The summed E-state index contributed by atoms with van der Waals surface area (Å²) in [5.41, 5.74) is 3.03. The third-order valence-corrected chi connectivity index (χ3v) is 8.05. The second-order valence-electron chi connectivity index (χ2n) is 7.95. The van der Waals surface area contributed by atoms with Crippen LogP contribution in [0.15, 0.2) is 46.4 Å². The van der Waals surface area contributed by atoms with Gasteiger partial charge in [-0.2, -0.15) is 0 Å². The molecule has 0 amide bonds. The summed E-state index contributed by atoms with van der Waals surface area (Å²) in [6.45, 7) is 6.02. The molecule has 0 saturated heterocycles. The van der Waals surface area contributed by atoms with Gasteiger partial charge in [0.1, 0.15) is 10.6 Å². The molecule has 1 aliphatic rings. The number of hydrogen-bond donors (Lipinski definition) is 0. The molecular weight excluding hydrogens is 428 g/mol. The molecule has 5 rings (SSSR count). The number of ether oxygens (including phenoxy) is 1. The highest BCUT2D eigenvalue weighted by Crippen LogP contribution is 2.36. The quantitative estimate of drug-likeness (QED) is 0.241. The first-order valence-corrected chi connectivity index (χ1v) is 12.2. The van der Waals surface area contributed by atoms with Gasteiger partial charge in [-0.3, -0.25) is 4.79 Å². The summed E-state index contributed by atoms with van der Waals surface area (Å²) >= 11 is 3.34. The van der Waals surface area contributed by atoms with Crippen molar-refractivity contribution in [3.05, 3.63) is 57.2 Å². The zero-order chi connectivity index (χ0) is 21.5. The average molecular weight is 453 g/mol. The Morgan fingerprint density at radius 1 is 1.19 bits per heavy atom. The van der Waals surface area contributed by atoms with Gasteiger partial charge in [0.15, 0.2) is 5.16 Å². The molecule has 0 atom stereocenters. The van der Waals surface area contributed by atoms with E-state index >= 15 is 0 Å². The van der Waals surface area contributed by atoms with E-state index in [2.05, 4.69) is 21.2 Å². The molecule has 3 heterocycles. The number of aromatic nitrogens is 4. The van der Waals surface area contributed by atoms with E-state index < -0.39 is 0 Å². The number of fused-ring (bicyclic) bond motifs is 5. The van der Waals surface area contributed by atoms with Crippen molar-refractivity contribution >= 4 is 39.1 Å². The molecule has 0 fully saturated rings. The average Bonchev–Trinajstić information content (AvgIpc) is 3.27. The first-order valence-electron chi connectivity index (χ1n) is 10.4. The van der Waals surface area contributed by atoms with E-state index in [0.29, 0.717) is 5.78 Å². The minimum absolute atomic E-state index is 0.0177. The Hall–Kier alpha value is -2.58. The van der Waals surface area contributed by atoms with Crippen LogP contribution < -0.4 is 10.3 Å². The maximum Gasteiger partial charge on any atom is 0.268 e. The number of rotatable bonds is 5. The van der Waals surface area contributed by atoms with E-state index in [-0.39, 0.29) is 5.56 Å². The third-order valence-electron chi connectivity index (χ3n) is 5.62. The van der Waals surface area contributed by atoms with Crippen molar-refractivity contribution in [2.45, 2.75) is 44.2 Å². The lowest BCUT2D eigenvalue weighted by Gasteiger charge is -2.11. The highest BCUT2D eigenvalue weighted by atomic mass is 32.2. The van der Waals surface area contributed by atoms with Crippen molar-refractivity contribution in [2.24, 2.45) is 0 Å². The molecule has 0 N–H and O–H groups in total. The van der Waals surface area contributed by atoms with Gasteiger partial charge in [-0.25, -0.2) is 8.97 Å². The van der Waals surface area contributed by atoms with Crippen LogP contribution in [0.2, 0.25) is 0 Å². The summed E-state index contributed by atoms with van der Waals surface area (Å²) in [6.07, 6.45) is 5.50. The van der Waals surface area contributed by atoms with Gasteiger partial charge in [-0.15, -0.1) is 21.5 Å². The number of thioether (sulfide) groups is 1. The Morgan fingerprint density at radius 2 is 1.97 bits per heavy atom. The van der Waals surface area contributed by atoms with Gasteiger partial charge in [-0.05, 0) is 62.4 Å². The van der Waals surface area contributed by atoms with Crippen molar-refractivity contribution in [3.63, 3.8) is 0 Å². The normalized spacial score (nSPS) is 14.0. The Morgan fingerprint density at radius 3 is 2.71 bits per heavy atom. The number of nitrogens with zero attached hydrogens (tertiary/aromatic N) is 4. The van der Waals surface area contributed by atoms with Crippen LogP contribution in [0.1, 0.15) is 36.6 Å². The zero-order valence-electron chi connectivity index (χ0n) is 17.7. The Balaban J connectivity index is 1.84. The number of methoxy groups -OCH3 is 1. The standard InChI is InChI=1S/C23H24N4O2S2/c1-14(2)13-30-23-25-24-22-26(15-9-11-16(29-3)12-10-15)20(28)19-17-7-5-4-6-8-18(17)31-21(19)27(22)23/h9-12H,1,4-8,13H2,2-3H3. The van der Waals surface area contributed by atoms with E-state index in [1.807, 2.05) is 31.2 Å². The van der Waals surface area contributed by atoms with Crippen LogP contribution in [0.3, 0.4) is 0 Å². The summed E-state index contributed by atoms with van der Waals surface area (Å²) in [5, 5.41) is 10.5. The highest BCUT2D eigenvalue weighted by molar-refractivity contribution is 7.99. The van der Waals surface area contributed by atoms with E-state index in [1.165, 1.54) is 23.3 Å². The van der Waals surface area contributed by atoms with Crippen molar-refractivity contribution in [1.82, 2.24) is 19.2 Å². The van der Waals surface area contributed by atoms with Crippen LogP contribution in [0.4, 0.5) is 0 Å². The molecular formula is C23H24N4O2S2. The van der Waals surface area contributed by atoms with Crippen molar-refractivity contribution < 1.29 is 4.74 Å². The molecule has 6 nitrogen and oxygen atoms in total. The molecule has 4 aromatic rings. The van der Waals surface area contributed by atoms with Crippen molar-refractivity contribution in [1.29, 1.82) is 0 Å². The fourth-order valence-corrected chi connectivity index (χ4v) is 6.35. The van der Waals surface area contributed by atoms with E-state index in [1.54, 1.807) is 34.8 Å². The van der Waals surface area contributed by atoms with Gasteiger partial charge in [0.2, 0.25) is 5.78 Å². The van der Waals surface area contributed by atoms with Crippen LogP contribution >= 0.6 is 23.1 Å². The molecule has 0 saturated carbocycles. The summed E-state index contributed by atoms with van der Waals surface area (Å²) in [6, 6.07) is 7.52. The van der Waals surface area contributed by atoms with Gasteiger partial charge in [-0.1, -0.05) is 30.3 Å². The van der Waals surface area contributed by atoms with Gasteiger partial charge >= 0.3 is 0 Å². The molecule has 8 heteroatoms. The lowest BCUT2D eigenvalue weighted by molar-refractivity contribution is 0.414. The third kappa shape index (κ3) is 3.47. The molecule has 0 unspecified atom stereocenters. The van der Waals surface area contributed by atoms with Gasteiger partial charge < -0.3 is 4.74 Å². The molecule has 160 valence electrons. The topological polar surface area (TPSA) is 61.4 Å². The Kier molecular flexibility index (Phi) is 5.35. The van der Waals surface area contributed by atoms with Gasteiger partial charge in [0, 0.05) is 10.6 Å². The Labute approximate surface area is 188 Å². The number of hydrogen-bond acceptors (Lipinski definition) is 6. The second kappa shape index (κ2) is 8.16. The number of benzene rings is 1. The minimum Gasteiger partial charge on any atom is -0.497 e. The van der Waals surface area contributed by atoms with Crippen LogP contribution in [-0.4, -0.2) is 32.0 Å². The van der Waals surface area contributed by atoms with Crippen LogP contribution in [-0.2, 0) is 12.8 Å². The maximum atomic E-state index is 13.9. The lowest BCUT2D eigenvalue weighted by Crippen LogP contribution is -2.22. The highest BCUT2D eigenvalue weighted by Gasteiger charge is 2.25. The lowest BCUT2D eigenvalue weighted by atomic mass is 10.1. The van der Waals surface area contributed by atoms with Crippen LogP contribution in [0.5, 0.6) is 5.75 Å². The molecule has 0 aliphatic heterocycles. The zero-order valence-corrected chi connectivity index (χ0v) is 19.3. The van der Waals surface area contributed by atoms with Crippen molar-refractivity contribution in [3.8, 4) is 11.4 Å². The minimum atomic E-state index is -0.0177. The summed E-state index contributed by atoms with van der Waals surface area (Å²) in [4.78, 5) is 16.2. The monoisotopic (exact) mass is 452 g/mol. The molecule has 31 heavy (non-hydrogen) atoms. The fraction of sp³-hybridized carbons (Fsp3) is 0.348. The first-order chi connectivity index (χ1) is 15.1. The second-order valence-corrected chi connectivity index (χ2v) is 9.97. The SMILES string of the molecule is C=C(C)CSc1nnc2n(-c3ccc(OC)cc3)c(=O)c3c4c(sc3n12)CCCCC4. The van der Waals surface area contributed by atoms with Crippen LogP contribution in [0, 0.1) is 0 Å². The molecule has 0 radical (unpaired) electrons. The van der Waals surface area contributed by atoms with Crippen molar-refractivity contribution in [2.75, 3.05) is 12.9 Å². The Bertz CT molecular complexity index is 1350. The number of thiophene rings is 1. The summed E-state index contributed by atoms with van der Waals surface area (Å²) < 4.78 is 9.05. The van der Waals surface area contributed by atoms with Gasteiger partial charge in [0.05, 0.1) is 18.2 Å².